The Hall–Kier alpha value is -3.01. The van der Waals surface area contributed by atoms with E-state index in [1.54, 1.807) is 31.2 Å². The van der Waals surface area contributed by atoms with Gasteiger partial charge in [-0.1, -0.05) is 12.1 Å². The first-order valence-electron chi connectivity index (χ1n) is 8.14. The summed E-state index contributed by atoms with van der Waals surface area (Å²) >= 11 is 1.39. The lowest BCUT2D eigenvalue weighted by Crippen LogP contribution is -2.70. The SMILES string of the molecule is CC1=C(C(=O)O)N2C(=O)C(NC(=O)Cn3c(=O)oc4ccccc43)[C@H]2SC1. The molecule has 2 amide bonds. The zero-order valence-corrected chi connectivity index (χ0v) is 15.0. The summed E-state index contributed by atoms with van der Waals surface area (Å²) in [6, 6.07) is 5.90. The number of carbonyl (C=O) groups excluding carboxylic acids is 2. The molecule has 1 fully saturated rings. The van der Waals surface area contributed by atoms with E-state index in [0.717, 1.165) is 0 Å². The summed E-state index contributed by atoms with van der Waals surface area (Å²) in [5, 5.41) is 11.5. The number of carboxylic acid groups (broad SMARTS) is 1. The number of aliphatic carboxylic acids is 1. The van der Waals surface area contributed by atoms with Gasteiger partial charge in [-0.05, 0) is 24.6 Å². The first-order valence-corrected chi connectivity index (χ1v) is 9.19. The van der Waals surface area contributed by atoms with Crippen LogP contribution in [0.15, 0.2) is 44.7 Å². The molecule has 1 saturated heterocycles. The molecule has 2 atom stereocenters. The van der Waals surface area contributed by atoms with Gasteiger partial charge in [0.1, 0.15) is 23.7 Å². The Bertz CT molecular complexity index is 1070. The quantitative estimate of drug-likeness (QED) is 0.724. The number of nitrogens with one attached hydrogen (secondary N) is 1. The van der Waals surface area contributed by atoms with Crippen molar-refractivity contribution in [3.05, 3.63) is 46.1 Å². The van der Waals surface area contributed by atoms with E-state index in [4.69, 9.17) is 4.42 Å². The summed E-state index contributed by atoms with van der Waals surface area (Å²) in [4.78, 5) is 49.3. The maximum absolute atomic E-state index is 12.4. The van der Waals surface area contributed by atoms with E-state index in [-0.39, 0.29) is 12.2 Å². The van der Waals surface area contributed by atoms with Crippen molar-refractivity contribution >= 4 is 40.6 Å². The Labute approximate surface area is 156 Å². The van der Waals surface area contributed by atoms with Crippen molar-refractivity contribution in [3.8, 4) is 0 Å². The second-order valence-electron chi connectivity index (χ2n) is 6.31. The van der Waals surface area contributed by atoms with Crippen LogP contribution in [0.1, 0.15) is 6.92 Å². The number of hydrogen-bond donors (Lipinski definition) is 2. The van der Waals surface area contributed by atoms with Gasteiger partial charge in [0.2, 0.25) is 5.91 Å². The summed E-state index contributed by atoms with van der Waals surface area (Å²) in [6.45, 7) is 1.37. The number of benzene rings is 1. The molecule has 1 aromatic heterocycles. The van der Waals surface area contributed by atoms with Crippen molar-refractivity contribution in [2.75, 3.05) is 5.75 Å². The number of carboxylic acids is 1. The average Bonchev–Trinajstić information content (AvgIpc) is 2.94. The third-order valence-corrected chi connectivity index (χ3v) is 5.98. The maximum Gasteiger partial charge on any atom is 0.420 e. The van der Waals surface area contributed by atoms with Gasteiger partial charge in [0.25, 0.3) is 5.91 Å². The fourth-order valence-electron chi connectivity index (χ4n) is 3.30. The standard InChI is InChI=1S/C17H15N3O6S/c1-8-7-27-15-12(14(22)20(15)13(8)16(23)24)18-11(21)6-19-9-4-2-3-5-10(9)26-17(19)25/h2-5,12,15H,6-7H2,1H3,(H,18,21)(H,23,24)/t12?,15-/m1/s1. The van der Waals surface area contributed by atoms with Crippen LogP contribution >= 0.6 is 11.8 Å². The lowest BCUT2D eigenvalue weighted by molar-refractivity contribution is -0.150. The van der Waals surface area contributed by atoms with E-state index >= 15 is 0 Å². The minimum Gasteiger partial charge on any atom is -0.477 e. The van der Waals surface area contributed by atoms with Crippen LogP contribution in [0, 0.1) is 0 Å². The van der Waals surface area contributed by atoms with E-state index in [0.29, 0.717) is 22.4 Å². The first-order chi connectivity index (χ1) is 12.9. The van der Waals surface area contributed by atoms with Crippen molar-refractivity contribution in [1.82, 2.24) is 14.8 Å². The Morgan fingerprint density at radius 2 is 2.07 bits per heavy atom. The summed E-state index contributed by atoms with van der Waals surface area (Å²) in [7, 11) is 0. The highest BCUT2D eigenvalue weighted by molar-refractivity contribution is 8.00. The molecule has 0 radical (unpaired) electrons. The summed E-state index contributed by atoms with van der Waals surface area (Å²) in [6.07, 6.45) is 0. The molecule has 4 rings (SSSR count). The van der Waals surface area contributed by atoms with Crippen LogP contribution in [0.2, 0.25) is 0 Å². The minimum absolute atomic E-state index is 0.0219. The van der Waals surface area contributed by atoms with Crippen molar-refractivity contribution in [2.45, 2.75) is 24.9 Å². The monoisotopic (exact) mass is 389 g/mol. The lowest BCUT2D eigenvalue weighted by Gasteiger charge is -2.49. The number of fused-ring (bicyclic) bond motifs is 2. The van der Waals surface area contributed by atoms with Crippen molar-refractivity contribution in [1.29, 1.82) is 0 Å². The number of amides is 2. The van der Waals surface area contributed by atoms with Gasteiger partial charge in [-0.3, -0.25) is 19.1 Å². The second-order valence-corrected chi connectivity index (χ2v) is 7.42. The zero-order valence-electron chi connectivity index (χ0n) is 14.2. The van der Waals surface area contributed by atoms with Crippen molar-refractivity contribution < 1.29 is 23.9 Å². The van der Waals surface area contributed by atoms with Gasteiger partial charge in [0.05, 0.1) is 5.52 Å². The van der Waals surface area contributed by atoms with Gasteiger partial charge in [-0.2, -0.15) is 0 Å². The molecule has 1 unspecified atom stereocenters. The van der Waals surface area contributed by atoms with Gasteiger partial charge in [-0.25, -0.2) is 9.59 Å². The predicted octanol–water partition coefficient (Wildman–Crippen LogP) is 0.353. The number of thioether (sulfide) groups is 1. The molecule has 140 valence electrons. The van der Waals surface area contributed by atoms with Crippen LogP contribution < -0.4 is 11.1 Å². The fraction of sp³-hybridized carbons (Fsp3) is 0.294. The topological polar surface area (TPSA) is 122 Å². The van der Waals surface area contributed by atoms with Crippen LogP contribution in [0.5, 0.6) is 0 Å². The van der Waals surface area contributed by atoms with Gasteiger partial charge in [-0.15, -0.1) is 11.8 Å². The molecule has 27 heavy (non-hydrogen) atoms. The third kappa shape index (κ3) is 2.72. The van der Waals surface area contributed by atoms with Crippen LogP contribution in [0.4, 0.5) is 0 Å². The van der Waals surface area contributed by atoms with Crippen LogP contribution in [0.25, 0.3) is 11.1 Å². The molecule has 3 heterocycles. The maximum atomic E-state index is 12.4. The summed E-state index contributed by atoms with van der Waals surface area (Å²) in [5.41, 5.74) is 1.44. The number of hydrogen-bond acceptors (Lipinski definition) is 6. The normalized spacial score (nSPS) is 21.8. The lowest BCUT2D eigenvalue weighted by atomic mass is 10.0. The molecule has 0 saturated carbocycles. The number of nitrogens with zero attached hydrogens (tertiary/aromatic N) is 2. The average molecular weight is 389 g/mol. The van der Waals surface area contributed by atoms with E-state index in [1.165, 1.54) is 21.2 Å². The molecular weight excluding hydrogens is 374 g/mol. The number of β-lactam (4-membered cyclic amide) rings is 1. The second kappa shape index (κ2) is 6.31. The molecule has 0 aliphatic carbocycles. The van der Waals surface area contributed by atoms with Gasteiger partial charge in [0, 0.05) is 5.75 Å². The molecular formula is C17H15N3O6S. The smallest absolute Gasteiger partial charge is 0.420 e. The number of carbonyl (C=O) groups is 3. The van der Waals surface area contributed by atoms with Crippen molar-refractivity contribution in [2.24, 2.45) is 0 Å². The predicted molar refractivity (Wildman–Crippen MR) is 95.8 cm³/mol. The molecule has 2 aliphatic heterocycles. The molecule has 2 N–H and O–H groups in total. The Morgan fingerprint density at radius 3 is 2.81 bits per heavy atom. The number of para-hydroxylation sites is 2. The molecule has 10 heteroatoms. The highest BCUT2D eigenvalue weighted by Crippen LogP contribution is 2.40. The highest BCUT2D eigenvalue weighted by atomic mass is 32.2. The molecule has 2 aromatic rings. The Morgan fingerprint density at radius 1 is 1.33 bits per heavy atom. The van der Waals surface area contributed by atoms with Crippen LogP contribution in [0.3, 0.4) is 0 Å². The number of rotatable bonds is 4. The Kier molecular flexibility index (Phi) is 4.06. The summed E-state index contributed by atoms with van der Waals surface area (Å²) < 4.78 is 6.27. The minimum atomic E-state index is -1.16. The first kappa shape index (κ1) is 17.4. The molecule has 9 nitrogen and oxygen atoms in total. The molecule has 2 aliphatic rings. The van der Waals surface area contributed by atoms with Gasteiger partial charge < -0.3 is 14.8 Å². The fourth-order valence-corrected chi connectivity index (χ4v) is 4.59. The van der Waals surface area contributed by atoms with Crippen LogP contribution in [-0.4, -0.2) is 49.5 Å². The highest BCUT2D eigenvalue weighted by Gasteiger charge is 2.53. The Balaban J connectivity index is 1.50. The number of oxazole rings is 1. The van der Waals surface area contributed by atoms with Crippen LogP contribution in [-0.2, 0) is 20.9 Å². The summed E-state index contributed by atoms with van der Waals surface area (Å²) in [5.74, 6) is -2.35. The van der Waals surface area contributed by atoms with Gasteiger partial charge >= 0.3 is 11.7 Å². The molecule has 1 aromatic carbocycles. The largest absolute Gasteiger partial charge is 0.477 e. The number of aromatic nitrogens is 1. The molecule has 0 bridgehead atoms. The van der Waals surface area contributed by atoms with E-state index in [1.807, 2.05) is 0 Å². The van der Waals surface area contributed by atoms with Crippen molar-refractivity contribution in [3.63, 3.8) is 0 Å². The van der Waals surface area contributed by atoms with E-state index in [2.05, 4.69) is 5.32 Å². The van der Waals surface area contributed by atoms with E-state index < -0.39 is 35.0 Å². The third-order valence-electron chi connectivity index (χ3n) is 4.55. The molecule has 0 spiro atoms. The van der Waals surface area contributed by atoms with Gasteiger partial charge in [0.15, 0.2) is 5.58 Å². The zero-order chi connectivity index (χ0) is 19.3. The van der Waals surface area contributed by atoms with E-state index in [9.17, 15) is 24.3 Å².